The maximum atomic E-state index is 11.2. The molecule has 6 heteroatoms. The van der Waals surface area contributed by atoms with E-state index in [9.17, 15) is 8.42 Å². The second-order valence-corrected chi connectivity index (χ2v) is 6.03. The van der Waals surface area contributed by atoms with Crippen LogP contribution in [0.4, 0.5) is 0 Å². The number of hydrogen-bond donors (Lipinski definition) is 1. The van der Waals surface area contributed by atoms with Gasteiger partial charge in [-0.05, 0) is 11.6 Å². The van der Waals surface area contributed by atoms with Gasteiger partial charge >= 0.3 is 0 Å². The Bertz CT molecular complexity index is 593. The minimum Gasteiger partial charge on any atom is -0.342 e. The zero-order valence-corrected chi connectivity index (χ0v) is 10.2. The SMILES string of the molecule is Cn1cc(CNC2C=CS(=O)(=O)C2)cc1C#N. The number of nitrogens with zero attached hydrogens (tertiary/aromatic N) is 2. The Morgan fingerprint density at radius 3 is 2.94 bits per heavy atom. The van der Waals surface area contributed by atoms with Crippen LogP contribution >= 0.6 is 0 Å². The predicted molar refractivity (Wildman–Crippen MR) is 63.7 cm³/mol. The van der Waals surface area contributed by atoms with E-state index in [4.69, 9.17) is 5.26 Å². The molecular weight excluding hydrogens is 238 g/mol. The van der Waals surface area contributed by atoms with Crippen LogP contribution < -0.4 is 5.32 Å². The Balaban J connectivity index is 1.95. The first-order valence-corrected chi connectivity index (χ1v) is 6.91. The summed E-state index contributed by atoms with van der Waals surface area (Å²) in [7, 11) is -1.20. The summed E-state index contributed by atoms with van der Waals surface area (Å²) in [6.07, 6.45) is 3.52. The minimum absolute atomic E-state index is 0.116. The number of nitriles is 1. The van der Waals surface area contributed by atoms with Gasteiger partial charge in [0, 0.05) is 31.2 Å². The molecule has 90 valence electrons. The van der Waals surface area contributed by atoms with E-state index in [0.717, 1.165) is 5.56 Å². The summed E-state index contributed by atoms with van der Waals surface area (Å²) in [5.41, 5.74) is 1.57. The van der Waals surface area contributed by atoms with Crippen LogP contribution in [0.2, 0.25) is 0 Å². The van der Waals surface area contributed by atoms with Crippen LogP contribution in [0.1, 0.15) is 11.3 Å². The lowest BCUT2D eigenvalue weighted by molar-refractivity contribution is 0.590. The Morgan fingerprint density at radius 2 is 2.41 bits per heavy atom. The predicted octanol–water partition coefficient (Wildman–Crippen LogP) is 0.297. The smallest absolute Gasteiger partial charge is 0.173 e. The normalized spacial score (nSPS) is 21.5. The van der Waals surface area contributed by atoms with Crippen molar-refractivity contribution in [1.82, 2.24) is 9.88 Å². The molecule has 0 saturated heterocycles. The van der Waals surface area contributed by atoms with Crippen LogP contribution in [-0.4, -0.2) is 24.8 Å². The fourth-order valence-corrected chi connectivity index (χ4v) is 3.06. The van der Waals surface area contributed by atoms with E-state index in [1.807, 2.05) is 13.2 Å². The monoisotopic (exact) mass is 251 g/mol. The third kappa shape index (κ3) is 2.75. The van der Waals surface area contributed by atoms with Gasteiger partial charge < -0.3 is 9.88 Å². The van der Waals surface area contributed by atoms with Crippen molar-refractivity contribution in [3.05, 3.63) is 35.0 Å². The van der Waals surface area contributed by atoms with Gasteiger partial charge in [-0.1, -0.05) is 6.08 Å². The van der Waals surface area contributed by atoms with E-state index in [1.54, 1.807) is 16.7 Å². The number of aryl methyl sites for hydroxylation is 1. The molecule has 0 aliphatic carbocycles. The standard InChI is InChI=1S/C11H13N3O2S/c1-14-7-9(4-11(14)5-12)6-13-10-2-3-17(15,16)8-10/h2-4,7,10,13H,6,8H2,1H3. The summed E-state index contributed by atoms with van der Waals surface area (Å²) < 4.78 is 24.1. The van der Waals surface area contributed by atoms with Crippen LogP contribution in [0.3, 0.4) is 0 Å². The second-order valence-electron chi connectivity index (χ2n) is 4.10. The molecule has 1 N–H and O–H groups in total. The van der Waals surface area contributed by atoms with Gasteiger partial charge in [0.2, 0.25) is 0 Å². The van der Waals surface area contributed by atoms with Gasteiger partial charge in [0.1, 0.15) is 11.8 Å². The molecule has 0 saturated carbocycles. The summed E-state index contributed by atoms with van der Waals surface area (Å²) in [4.78, 5) is 0. The first-order chi connectivity index (χ1) is 8.00. The summed E-state index contributed by atoms with van der Waals surface area (Å²) in [6.45, 7) is 0.556. The molecule has 0 radical (unpaired) electrons. The highest BCUT2D eigenvalue weighted by Gasteiger charge is 2.20. The molecule has 0 spiro atoms. The number of nitrogens with one attached hydrogen (secondary N) is 1. The zero-order valence-electron chi connectivity index (χ0n) is 9.42. The fourth-order valence-electron chi connectivity index (χ4n) is 1.79. The van der Waals surface area contributed by atoms with Crippen molar-refractivity contribution < 1.29 is 8.42 Å². The topological polar surface area (TPSA) is 74.9 Å². The van der Waals surface area contributed by atoms with Crippen molar-refractivity contribution in [1.29, 1.82) is 5.26 Å². The molecule has 2 rings (SSSR count). The largest absolute Gasteiger partial charge is 0.342 e. The summed E-state index contributed by atoms with van der Waals surface area (Å²) in [5.74, 6) is 0.116. The molecule has 0 aromatic carbocycles. The highest BCUT2D eigenvalue weighted by atomic mass is 32.2. The summed E-state index contributed by atoms with van der Waals surface area (Å²) in [6, 6.07) is 3.74. The van der Waals surface area contributed by atoms with E-state index >= 15 is 0 Å². The highest BCUT2D eigenvalue weighted by Crippen LogP contribution is 2.10. The zero-order chi connectivity index (χ0) is 12.5. The Kier molecular flexibility index (Phi) is 3.05. The summed E-state index contributed by atoms with van der Waals surface area (Å²) in [5, 5.41) is 13.2. The van der Waals surface area contributed by atoms with E-state index in [-0.39, 0.29) is 11.8 Å². The first-order valence-electron chi connectivity index (χ1n) is 5.20. The molecule has 0 fully saturated rings. The molecule has 1 aromatic heterocycles. The molecule has 1 aromatic rings. The molecule has 1 aliphatic rings. The second kappa shape index (κ2) is 4.35. The van der Waals surface area contributed by atoms with Crippen molar-refractivity contribution in [2.75, 3.05) is 5.75 Å². The number of aromatic nitrogens is 1. The van der Waals surface area contributed by atoms with Gasteiger partial charge in [-0.15, -0.1) is 0 Å². The average molecular weight is 251 g/mol. The first kappa shape index (κ1) is 11.9. The quantitative estimate of drug-likeness (QED) is 0.838. The summed E-state index contributed by atoms with van der Waals surface area (Å²) >= 11 is 0. The maximum absolute atomic E-state index is 11.2. The number of sulfone groups is 1. The van der Waals surface area contributed by atoms with Crippen molar-refractivity contribution in [2.45, 2.75) is 12.6 Å². The van der Waals surface area contributed by atoms with E-state index in [2.05, 4.69) is 11.4 Å². The minimum atomic E-state index is -3.01. The van der Waals surface area contributed by atoms with Gasteiger partial charge in [-0.25, -0.2) is 8.42 Å². The Morgan fingerprint density at radius 1 is 1.65 bits per heavy atom. The van der Waals surface area contributed by atoms with E-state index < -0.39 is 9.84 Å². The van der Waals surface area contributed by atoms with Crippen LogP contribution in [0, 0.1) is 11.3 Å². The van der Waals surface area contributed by atoms with Crippen molar-refractivity contribution >= 4 is 9.84 Å². The van der Waals surface area contributed by atoms with E-state index in [1.165, 1.54) is 5.41 Å². The molecule has 0 amide bonds. The van der Waals surface area contributed by atoms with Gasteiger partial charge in [0.05, 0.1) is 5.75 Å². The maximum Gasteiger partial charge on any atom is 0.173 e. The van der Waals surface area contributed by atoms with Gasteiger partial charge in [-0.2, -0.15) is 5.26 Å². The third-order valence-electron chi connectivity index (χ3n) is 2.67. The lowest BCUT2D eigenvalue weighted by Crippen LogP contribution is -2.29. The van der Waals surface area contributed by atoms with Gasteiger partial charge in [0.15, 0.2) is 9.84 Å². The Labute approximate surface area is 100 Å². The molecular formula is C11H13N3O2S. The molecule has 1 atom stereocenters. The molecule has 17 heavy (non-hydrogen) atoms. The van der Waals surface area contributed by atoms with Gasteiger partial charge in [0.25, 0.3) is 0 Å². The van der Waals surface area contributed by atoms with Crippen LogP contribution in [0.15, 0.2) is 23.7 Å². The molecule has 1 aliphatic heterocycles. The lowest BCUT2D eigenvalue weighted by Gasteiger charge is -2.07. The Hall–Kier alpha value is -1.58. The van der Waals surface area contributed by atoms with Crippen molar-refractivity contribution in [2.24, 2.45) is 7.05 Å². The average Bonchev–Trinajstić information content (AvgIpc) is 2.78. The van der Waals surface area contributed by atoms with Crippen molar-refractivity contribution in [3.63, 3.8) is 0 Å². The molecule has 2 heterocycles. The number of hydrogen-bond acceptors (Lipinski definition) is 4. The third-order valence-corrected chi connectivity index (χ3v) is 4.07. The molecule has 5 nitrogen and oxygen atoms in total. The van der Waals surface area contributed by atoms with Crippen LogP contribution in [-0.2, 0) is 23.4 Å². The van der Waals surface area contributed by atoms with Gasteiger partial charge in [-0.3, -0.25) is 0 Å². The molecule has 1 unspecified atom stereocenters. The lowest BCUT2D eigenvalue weighted by atomic mass is 10.2. The van der Waals surface area contributed by atoms with Crippen LogP contribution in [0.25, 0.3) is 0 Å². The molecule has 0 bridgehead atoms. The number of rotatable bonds is 3. The van der Waals surface area contributed by atoms with Crippen LogP contribution in [0.5, 0.6) is 0 Å². The van der Waals surface area contributed by atoms with E-state index in [0.29, 0.717) is 12.2 Å². The highest BCUT2D eigenvalue weighted by molar-refractivity contribution is 7.94. The van der Waals surface area contributed by atoms with Crippen molar-refractivity contribution in [3.8, 4) is 6.07 Å². The fraction of sp³-hybridized carbons (Fsp3) is 0.364.